The monoisotopic (exact) mass is 806 g/mol. The number of nitriles is 2. The Bertz CT molecular complexity index is 2930. The Morgan fingerprint density at radius 3 is 1.41 bits per heavy atom. The van der Waals surface area contributed by atoms with Crippen LogP contribution in [0.3, 0.4) is 0 Å². The quantitative estimate of drug-likeness (QED) is 0.0584. The van der Waals surface area contributed by atoms with E-state index >= 15 is 17.6 Å². The summed E-state index contributed by atoms with van der Waals surface area (Å²) in [5.41, 5.74) is -3.71. The maximum absolute atomic E-state index is 15.1. The summed E-state index contributed by atoms with van der Waals surface area (Å²) in [6.07, 6.45) is -0.655. The van der Waals surface area contributed by atoms with Crippen molar-refractivity contribution in [2.24, 2.45) is 0 Å². The van der Waals surface area contributed by atoms with Crippen molar-refractivity contribution in [3.05, 3.63) is 191 Å². The molecule has 0 amide bonds. The maximum atomic E-state index is 15.1. The largest absolute Gasteiger partial charge is 0.523 e. The van der Waals surface area contributed by atoms with Gasteiger partial charge in [-0.25, -0.2) is 26.3 Å². The second kappa shape index (κ2) is 14.8. The van der Waals surface area contributed by atoms with Crippen LogP contribution in [0, 0.1) is 77.6 Å². The number of hydrogen-bond acceptors (Lipinski definition) is 3. The second-order valence-corrected chi connectivity index (χ2v) is 14.2. The van der Waals surface area contributed by atoms with E-state index in [1.165, 1.54) is 12.1 Å². The van der Waals surface area contributed by atoms with Gasteiger partial charge in [-0.2, -0.15) is 33.4 Å². The van der Waals surface area contributed by atoms with Crippen LogP contribution in [0.1, 0.15) is 27.8 Å². The third kappa shape index (κ3) is 6.68. The van der Waals surface area contributed by atoms with E-state index in [0.717, 1.165) is 17.7 Å². The lowest BCUT2D eigenvalue weighted by atomic mass is 9.85. The van der Waals surface area contributed by atoms with Gasteiger partial charge in [0.15, 0.2) is 34.9 Å². The normalized spacial score (nSPS) is 13.1. The van der Waals surface area contributed by atoms with Crippen LogP contribution in [0.4, 0.5) is 39.5 Å². The fourth-order valence-corrected chi connectivity index (χ4v) is 8.07. The molecule has 14 heteroatoms. The van der Waals surface area contributed by atoms with Crippen LogP contribution < -0.4 is 10.4 Å². The summed E-state index contributed by atoms with van der Waals surface area (Å²) in [6, 6.07) is 18.1. The summed E-state index contributed by atoms with van der Waals surface area (Å²) < 4.78 is 130. The SMILES string of the molecule is [C-]#[N+]C([N+]#[C-])=C1Cc2c(-c3ccc(C)cc3)c3c(c(-c4ccc(SC(F)(F)F)cc4)c2=C1c1cc(F)c(F)c(F)c1)CC(=C(C#N)C#N)C=3c1cc(F)c(F)c(F)c1. The average Bonchev–Trinajstić information content (AvgIpc) is 3.75. The molecule has 2 aliphatic rings. The van der Waals surface area contributed by atoms with Gasteiger partial charge in [-0.1, -0.05) is 42.0 Å². The van der Waals surface area contributed by atoms with Crippen LogP contribution in [0.2, 0.25) is 0 Å². The van der Waals surface area contributed by atoms with Crippen LogP contribution in [0.25, 0.3) is 43.1 Å². The molecule has 0 saturated heterocycles. The van der Waals surface area contributed by atoms with Gasteiger partial charge in [-0.3, -0.25) is 0 Å². The molecule has 0 unspecified atom stereocenters. The molecular formula is C44H19F9N4S. The van der Waals surface area contributed by atoms with Gasteiger partial charge in [0, 0.05) is 11.3 Å². The molecule has 0 spiro atoms. The molecule has 58 heavy (non-hydrogen) atoms. The zero-order valence-corrected chi connectivity index (χ0v) is 30.3. The minimum Gasteiger partial charge on any atom is -0.204 e. The van der Waals surface area contributed by atoms with Gasteiger partial charge in [0.05, 0.1) is 5.57 Å². The molecule has 0 radical (unpaired) electrons. The molecule has 0 atom stereocenters. The van der Waals surface area contributed by atoms with Crippen LogP contribution in [0.5, 0.6) is 0 Å². The number of hydrogen-bond donors (Lipinski definition) is 0. The molecule has 0 saturated carbocycles. The first-order valence-corrected chi connectivity index (χ1v) is 17.6. The minimum absolute atomic E-state index is 0.0427. The van der Waals surface area contributed by atoms with E-state index in [2.05, 4.69) is 9.69 Å². The number of fused-ring (bicyclic) bond motifs is 2. The number of allylic oxidation sites excluding steroid dienone is 3. The van der Waals surface area contributed by atoms with Gasteiger partial charge >= 0.3 is 11.3 Å². The molecule has 7 rings (SSSR count). The van der Waals surface area contributed by atoms with Crippen LogP contribution in [0.15, 0.2) is 100 Å². The molecule has 2 aliphatic carbocycles. The lowest BCUT2D eigenvalue weighted by molar-refractivity contribution is -0.0328. The smallest absolute Gasteiger partial charge is 0.204 e. The molecule has 0 bridgehead atoms. The summed E-state index contributed by atoms with van der Waals surface area (Å²) in [5.74, 6) is -10.5. The number of aryl methyl sites for hydroxylation is 1. The van der Waals surface area contributed by atoms with Crippen LogP contribution in [-0.4, -0.2) is 5.51 Å². The molecule has 0 aliphatic heterocycles. The summed E-state index contributed by atoms with van der Waals surface area (Å²) in [6.45, 7) is 17.5. The van der Waals surface area contributed by atoms with E-state index in [4.69, 9.17) is 13.1 Å². The number of thioether (sulfide) groups is 1. The van der Waals surface area contributed by atoms with E-state index in [9.17, 15) is 32.5 Å². The summed E-state index contributed by atoms with van der Waals surface area (Å²) in [5, 5.41) is 20.6. The molecule has 284 valence electrons. The first-order chi connectivity index (χ1) is 27.6. The Morgan fingerprint density at radius 1 is 0.621 bits per heavy atom. The first kappa shape index (κ1) is 39.2. The maximum Gasteiger partial charge on any atom is 0.523 e. The van der Waals surface area contributed by atoms with Gasteiger partial charge in [0.1, 0.15) is 30.9 Å². The third-order valence-corrected chi connectivity index (χ3v) is 10.5. The van der Waals surface area contributed by atoms with Gasteiger partial charge in [-0.05, 0) is 133 Å². The summed E-state index contributed by atoms with van der Waals surface area (Å²) >= 11 is -0.403. The zero-order valence-electron chi connectivity index (χ0n) is 29.4. The standard InChI is InChI=1S/C44H19F9N4S/c1-20-4-6-21(7-5-20)35-29-17-30(43(56-2)57-3)38(24-14-33(47)42(50)34(48)15-24)40(29)36(22-8-10-26(11-9-22)58-44(51,52)53)28-16-27(25(18-54)19-55)37(39(28)35)23-12-31(45)41(49)32(46)13-23/h4-15H,16-17H2,1H3. The number of rotatable bonds is 5. The highest BCUT2D eigenvalue weighted by atomic mass is 32.2. The topological polar surface area (TPSA) is 56.3 Å². The Morgan fingerprint density at radius 2 is 1.02 bits per heavy atom. The number of halogens is 9. The zero-order chi connectivity index (χ0) is 41.8. The second-order valence-electron chi connectivity index (χ2n) is 13.1. The number of alkyl halides is 3. The predicted octanol–water partition coefficient (Wildman–Crippen LogP) is 10.7. The van der Waals surface area contributed by atoms with E-state index in [0.29, 0.717) is 29.8 Å². The summed E-state index contributed by atoms with van der Waals surface area (Å²) in [4.78, 5) is 6.53. The van der Waals surface area contributed by atoms with Crippen molar-refractivity contribution in [2.45, 2.75) is 30.2 Å². The molecule has 5 aromatic carbocycles. The Labute approximate surface area is 328 Å². The highest BCUT2D eigenvalue weighted by Gasteiger charge is 2.37. The Hall–Kier alpha value is -7.00. The minimum atomic E-state index is -4.67. The fourth-order valence-electron chi connectivity index (χ4n) is 7.53. The first-order valence-electron chi connectivity index (χ1n) is 16.8. The van der Waals surface area contributed by atoms with E-state index in [1.54, 1.807) is 43.3 Å². The number of nitrogens with zero attached hydrogens (tertiary/aromatic N) is 4. The van der Waals surface area contributed by atoms with Crippen molar-refractivity contribution in [1.82, 2.24) is 0 Å². The molecule has 5 aromatic rings. The highest BCUT2D eigenvalue weighted by Crippen LogP contribution is 2.44. The van der Waals surface area contributed by atoms with Crippen molar-refractivity contribution in [2.75, 3.05) is 0 Å². The third-order valence-electron chi connectivity index (χ3n) is 9.79. The van der Waals surface area contributed by atoms with Crippen molar-refractivity contribution in [3.8, 4) is 34.4 Å². The molecule has 0 N–H and O–H groups in total. The van der Waals surface area contributed by atoms with E-state index in [1.807, 2.05) is 0 Å². The van der Waals surface area contributed by atoms with Gasteiger partial charge in [0.25, 0.3) is 0 Å². The van der Waals surface area contributed by atoms with Crippen molar-refractivity contribution >= 4 is 22.9 Å². The van der Waals surface area contributed by atoms with Crippen molar-refractivity contribution < 1.29 is 39.5 Å². The molecule has 0 heterocycles. The highest BCUT2D eigenvalue weighted by molar-refractivity contribution is 8.00. The average molecular weight is 807 g/mol. The number of benzene rings is 5. The Kier molecular flexibility index (Phi) is 10.0. The fraction of sp³-hybridized carbons (Fsp3) is 0.0909. The molecule has 4 nitrogen and oxygen atoms in total. The van der Waals surface area contributed by atoms with Crippen LogP contribution in [-0.2, 0) is 12.8 Å². The molecular weight excluding hydrogens is 788 g/mol. The van der Waals surface area contributed by atoms with Gasteiger partial charge < -0.3 is 0 Å². The van der Waals surface area contributed by atoms with Crippen molar-refractivity contribution in [1.29, 1.82) is 10.5 Å². The lowest BCUT2D eigenvalue weighted by Crippen LogP contribution is -2.25. The molecule has 0 fully saturated rings. The van der Waals surface area contributed by atoms with E-state index < -0.39 is 63.6 Å². The van der Waals surface area contributed by atoms with E-state index in [-0.39, 0.29) is 89.4 Å². The molecule has 0 aromatic heterocycles. The van der Waals surface area contributed by atoms with Crippen molar-refractivity contribution in [3.63, 3.8) is 0 Å². The Balaban J connectivity index is 1.83. The van der Waals surface area contributed by atoms with Crippen LogP contribution >= 0.6 is 11.8 Å². The lowest BCUT2D eigenvalue weighted by Gasteiger charge is -2.18. The summed E-state index contributed by atoms with van der Waals surface area (Å²) in [7, 11) is 0. The predicted molar refractivity (Wildman–Crippen MR) is 197 cm³/mol. The van der Waals surface area contributed by atoms with Gasteiger partial charge in [0.2, 0.25) is 0 Å². The van der Waals surface area contributed by atoms with Gasteiger partial charge in [-0.15, -0.1) is 0 Å².